The molecule has 2 heterocycles. The number of H-pyrrole nitrogens is 1. The molecule has 3 rings (SSSR count). The van der Waals surface area contributed by atoms with Crippen LogP contribution in [0.5, 0.6) is 0 Å². The van der Waals surface area contributed by atoms with Crippen LogP contribution < -0.4 is 11.1 Å². The number of nitrogens with two attached hydrogens (primary N) is 1. The van der Waals surface area contributed by atoms with E-state index < -0.39 is 0 Å². The van der Waals surface area contributed by atoms with E-state index in [-0.39, 0.29) is 0 Å². The molecule has 90 valence electrons. The lowest BCUT2D eigenvalue weighted by molar-refractivity contribution is 0.881. The molecule has 0 atom stereocenters. The summed E-state index contributed by atoms with van der Waals surface area (Å²) in [6, 6.07) is 7.79. The number of aromatic nitrogens is 5. The third-order valence-corrected chi connectivity index (χ3v) is 2.62. The molecule has 1 aromatic carbocycles. The van der Waals surface area contributed by atoms with Gasteiger partial charge in [-0.1, -0.05) is 23.4 Å². The largest absolute Gasteiger partial charge is 0.396 e. The summed E-state index contributed by atoms with van der Waals surface area (Å²) < 4.78 is 0. The van der Waals surface area contributed by atoms with Gasteiger partial charge in [-0.25, -0.2) is 0 Å². The average molecular weight is 241 g/mol. The zero-order chi connectivity index (χ0) is 12.4. The molecular formula is C11H11N7. The van der Waals surface area contributed by atoms with Crippen molar-refractivity contribution < 1.29 is 0 Å². The molecule has 0 unspecified atom stereocenters. The Labute approximate surface area is 102 Å². The topological polar surface area (TPSA) is 105 Å². The molecule has 0 aliphatic carbocycles. The van der Waals surface area contributed by atoms with Crippen molar-refractivity contribution in [2.75, 3.05) is 11.1 Å². The monoisotopic (exact) mass is 241 g/mol. The van der Waals surface area contributed by atoms with Crippen molar-refractivity contribution in [1.29, 1.82) is 0 Å². The Hall–Kier alpha value is -2.70. The van der Waals surface area contributed by atoms with E-state index in [4.69, 9.17) is 5.73 Å². The van der Waals surface area contributed by atoms with Crippen LogP contribution in [0.3, 0.4) is 0 Å². The van der Waals surface area contributed by atoms with Gasteiger partial charge in [-0.05, 0) is 6.07 Å². The van der Waals surface area contributed by atoms with Crippen LogP contribution in [0.4, 0.5) is 11.4 Å². The predicted octanol–water partition coefficient (Wildman–Crippen LogP) is 0.942. The Morgan fingerprint density at radius 2 is 2.17 bits per heavy atom. The Morgan fingerprint density at radius 1 is 1.28 bits per heavy atom. The Kier molecular flexibility index (Phi) is 2.49. The second-order valence-electron chi connectivity index (χ2n) is 3.79. The number of pyridine rings is 1. The molecule has 0 spiro atoms. The summed E-state index contributed by atoms with van der Waals surface area (Å²) in [5.41, 5.74) is 8.26. The van der Waals surface area contributed by atoms with Crippen LogP contribution in [-0.4, -0.2) is 25.6 Å². The summed E-state index contributed by atoms with van der Waals surface area (Å²) in [6.45, 7) is 0.453. The second-order valence-corrected chi connectivity index (χ2v) is 3.79. The van der Waals surface area contributed by atoms with Crippen LogP contribution in [0.1, 0.15) is 5.82 Å². The van der Waals surface area contributed by atoms with Gasteiger partial charge < -0.3 is 11.1 Å². The molecule has 0 saturated heterocycles. The number of nitrogens with zero attached hydrogens (tertiary/aromatic N) is 4. The van der Waals surface area contributed by atoms with E-state index in [2.05, 4.69) is 30.9 Å². The molecule has 7 heteroatoms. The number of fused-ring (bicyclic) bond motifs is 1. The number of nitrogen functional groups attached to an aromatic ring is 1. The summed E-state index contributed by atoms with van der Waals surface area (Å²) in [4.78, 5) is 4.27. The van der Waals surface area contributed by atoms with Crippen molar-refractivity contribution in [2.45, 2.75) is 6.54 Å². The van der Waals surface area contributed by atoms with E-state index >= 15 is 0 Å². The second kappa shape index (κ2) is 4.28. The van der Waals surface area contributed by atoms with E-state index in [9.17, 15) is 0 Å². The molecule has 4 N–H and O–H groups in total. The van der Waals surface area contributed by atoms with Crippen LogP contribution in [0, 0.1) is 0 Å². The van der Waals surface area contributed by atoms with Gasteiger partial charge in [0.25, 0.3) is 0 Å². The summed E-state index contributed by atoms with van der Waals surface area (Å²) in [5.74, 6) is 0.579. The van der Waals surface area contributed by atoms with Gasteiger partial charge in [0, 0.05) is 5.39 Å². The highest BCUT2D eigenvalue weighted by molar-refractivity contribution is 5.96. The number of hydrogen-bond donors (Lipinski definition) is 3. The minimum absolute atomic E-state index is 0.453. The standard InChI is InChI=1S/C11H11N7/c12-8-5-13-9-4-2-1-3-7(9)11(8)14-6-10-15-17-18-16-10/h1-5H,6,12H2,(H,13,14)(H,15,16,17,18). The number of anilines is 2. The molecule has 0 aliphatic rings. The molecule has 0 amide bonds. The number of rotatable bonds is 3. The number of hydrogen-bond acceptors (Lipinski definition) is 6. The fourth-order valence-electron chi connectivity index (χ4n) is 1.78. The van der Waals surface area contributed by atoms with Crippen molar-refractivity contribution in [1.82, 2.24) is 25.6 Å². The lowest BCUT2D eigenvalue weighted by atomic mass is 10.1. The molecule has 0 fully saturated rings. The highest BCUT2D eigenvalue weighted by Crippen LogP contribution is 2.27. The molecule has 0 radical (unpaired) electrons. The molecule has 7 nitrogen and oxygen atoms in total. The number of tetrazole rings is 1. The first kappa shape index (κ1) is 10.5. The fourth-order valence-corrected chi connectivity index (χ4v) is 1.78. The maximum atomic E-state index is 5.94. The zero-order valence-corrected chi connectivity index (χ0v) is 9.46. The predicted molar refractivity (Wildman–Crippen MR) is 67.7 cm³/mol. The first-order chi connectivity index (χ1) is 8.84. The molecular weight excluding hydrogens is 230 g/mol. The van der Waals surface area contributed by atoms with Crippen molar-refractivity contribution in [3.8, 4) is 0 Å². The maximum absolute atomic E-state index is 5.94. The number of para-hydroxylation sites is 1. The van der Waals surface area contributed by atoms with E-state index in [1.54, 1.807) is 6.20 Å². The van der Waals surface area contributed by atoms with Crippen molar-refractivity contribution in [2.24, 2.45) is 0 Å². The molecule has 0 saturated carbocycles. The SMILES string of the molecule is Nc1cnc2ccccc2c1NCc1nn[nH]n1. The van der Waals surface area contributed by atoms with Gasteiger partial charge in [-0.15, -0.1) is 10.2 Å². The van der Waals surface area contributed by atoms with Crippen LogP contribution in [-0.2, 0) is 6.54 Å². The molecule has 18 heavy (non-hydrogen) atoms. The molecule has 2 aromatic heterocycles. The minimum Gasteiger partial charge on any atom is -0.396 e. The van der Waals surface area contributed by atoms with Gasteiger partial charge >= 0.3 is 0 Å². The Balaban J connectivity index is 1.97. The van der Waals surface area contributed by atoms with E-state index in [1.165, 1.54) is 0 Å². The summed E-state index contributed by atoms with van der Waals surface area (Å²) >= 11 is 0. The van der Waals surface area contributed by atoms with Gasteiger partial charge in [-0.3, -0.25) is 4.98 Å². The van der Waals surface area contributed by atoms with Gasteiger partial charge in [0.1, 0.15) is 0 Å². The van der Waals surface area contributed by atoms with Crippen molar-refractivity contribution in [3.63, 3.8) is 0 Å². The minimum atomic E-state index is 0.453. The highest BCUT2D eigenvalue weighted by atomic mass is 15.5. The Morgan fingerprint density at radius 3 is 3.00 bits per heavy atom. The van der Waals surface area contributed by atoms with Gasteiger partial charge in [0.05, 0.1) is 29.6 Å². The first-order valence-electron chi connectivity index (χ1n) is 5.44. The van der Waals surface area contributed by atoms with Crippen LogP contribution in [0.2, 0.25) is 0 Å². The number of benzene rings is 1. The lowest BCUT2D eigenvalue weighted by Crippen LogP contribution is -2.05. The van der Waals surface area contributed by atoms with E-state index in [0.29, 0.717) is 18.1 Å². The van der Waals surface area contributed by atoms with E-state index in [0.717, 1.165) is 16.6 Å². The smallest absolute Gasteiger partial charge is 0.193 e. The van der Waals surface area contributed by atoms with Crippen LogP contribution >= 0.6 is 0 Å². The quantitative estimate of drug-likeness (QED) is 0.630. The van der Waals surface area contributed by atoms with Crippen molar-refractivity contribution >= 4 is 22.3 Å². The fraction of sp³-hybridized carbons (Fsp3) is 0.0909. The van der Waals surface area contributed by atoms with Crippen LogP contribution in [0.15, 0.2) is 30.5 Å². The number of nitrogens with one attached hydrogen (secondary N) is 2. The number of aromatic amines is 1. The van der Waals surface area contributed by atoms with Crippen molar-refractivity contribution in [3.05, 3.63) is 36.3 Å². The summed E-state index contributed by atoms with van der Waals surface area (Å²) in [5, 5.41) is 17.8. The molecule has 0 aliphatic heterocycles. The lowest BCUT2D eigenvalue weighted by Gasteiger charge is -2.10. The van der Waals surface area contributed by atoms with Gasteiger partial charge in [-0.2, -0.15) is 5.21 Å². The zero-order valence-electron chi connectivity index (χ0n) is 9.46. The third-order valence-electron chi connectivity index (χ3n) is 2.62. The summed E-state index contributed by atoms with van der Waals surface area (Å²) in [6.07, 6.45) is 1.64. The normalized spacial score (nSPS) is 10.7. The third kappa shape index (κ3) is 1.81. The molecule has 3 aromatic rings. The average Bonchev–Trinajstić information content (AvgIpc) is 2.91. The first-order valence-corrected chi connectivity index (χ1v) is 5.44. The highest BCUT2D eigenvalue weighted by Gasteiger charge is 2.07. The Bertz CT molecular complexity index is 662. The summed E-state index contributed by atoms with van der Waals surface area (Å²) in [7, 11) is 0. The van der Waals surface area contributed by atoms with Crippen LogP contribution in [0.25, 0.3) is 10.9 Å². The van der Waals surface area contributed by atoms with Gasteiger partial charge in [0.2, 0.25) is 0 Å². The molecule has 0 bridgehead atoms. The van der Waals surface area contributed by atoms with Gasteiger partial charge in [0.15, 0.2) is 5.82 Å². The van der Waals surface area contributed by atoms with E-state index in [1.807, 2.05) is 24.3 Å². The maximum Gasteiger partial charge on any atom is 0.193 e.